The minimum atomic E-state index is -0.0155. The SMILES string of the molecule is Bc1nc(C2CCC(C(=O)OCCCCCCC)CC2)no1. The highest BCUT2D eigenvalue weighted by molar-refractivity contribution is 6.28. The molecule has 1 saturated carbocycles. The molecule has 1 fully saturated rings. The van der Waals surface area contributed by atoms with Crippen LogP contribution in [0.25, 0.3) is 0 Å². The Morgan fingerprint density at radius 3 is 2.59 bits per heavy atom. The van der Waals surface area contributed by atoms with Gasteiger partial charge in [0, 0.05) is 5.92 Å². The predicted octanol–water partition coefficient (Wildman–Crippen LogP) is 2.12. The molecule has 1 aromatic heterocycles. The fourth-order valence-corrected chi connectivity index (χ4v) is 3.06. The van der Waals surface area contributed by atoms with Crippen LogP contribution in [-0.2, 0) is 9.53 Å². The van der Waals surface area contributed by atoms with Crippen molar-refractivity contribution in [3.63, 3.8) is 0 Å². The van der Waals surface area contributed by atoms with Crippen molar-refractivity contribution >= 4 is 19.6 Å². The number of ether oxygens (including phenoxy) is 1. The van der Waals surface area contributed by atoms with Gasteiger partial charge < -0.3 is 9.26 Å². The lowest BCUT2D eigenvalue weighted by Crippen LogP contribution is -2.24. The Morgan fingerprint density at radius 2 is 1.95 bits per heavy atom. The Morgan fingerprint density at radius 1 is 1.23 bits per heavy atom. The third-order valence-corrected chi connectivity index (χ3v) is 4.46. The molecule has 1 aliphatic rings. The number of carbonyl (C=O) groups excluding carboxylic acids is 1. The first-order chi connectivity index (χ1) is 10.7. The van der Waals surface area contributed by atoms with E-state index in [0.29, 0.717) is 18.3 Å². The molecule has 1 aliphatic carbocycles. The molecule has 122 valence electrons. The molecule has 6 heteroatoms. The van der Waals surface area contributed by atoms with Crippen molar-refractivity contribution in [2.24, 2.45) is 5.92 Å². The third kappa shape index (κ3) is 5.14. The monoisotopic (exact) mass is 306 g/mol. The summed E-state index contributed by atoms with van der Waals surface area (Å²) in [6.07, 6.45) is 9.51. The topological polar surface area (TPSA) is 65.2 Å². The molecule has 0 bridgehead atoms. The van der Waals surface area contributed by atoms with Crippen LogP contribution in [0.4, 0.5) is 0 Å². The molecule has 0 N–H and O–H groups in total. The Kier molecular flexibility index (Phi) is 6.94. The molecule has 0 saturated heterocycles. The number of hydrogen-bond donors (Lipinski definition) is 0. The number of rotatable bonds is 8. The van der Waals surface area contributed by atoms with E-state index in [1.54, 1.807) is 7.85 Å². The van der Waals surface area contributed by atoms with E-state index in [9.17, 15) is 4.79 Å². The van der Waals surface area contributed by atoms with Crippen LogP contribution in [-0.4, -0.2) is 30.6 Å². The van der Waals surface area contributed by atoms with Gasteiger partial charge >= 0.3 is 5.97 Å². The second-order valence-corrected chi connectivity index (χ2v) is 6.30. The molecule has 0 unspecified atom stereocenters. The average Bonchev–Trinajstić information content (AvgIpc) is 2.97. The van der Waals surface area contributed by atoms with Crippen LogP contribution in [0.3, 0.4) is 0 Å². The molecule has 0 amide bonds. The minimum Gasteiger partial charge on any atom is -0.465 e. The molecule has 1 aromatic rings. The molecule has 0 aromatic carbocycles. The van der Waals surface area contributed by atoms with Crippen LogP contribution in [0.1, 0.15) is 76.5 Å². The van der Waals surface area contributed by atoms with Gasteiger partial charge in [0.2, 0.25) is 7.85 Å². The summed E-state index contributed by atoms with van der Waals surface area (Å²) < 4.78 is 10.5. The van der Waals surface area contributed by atoms with Gasteiger partial charge in [-0.15, -0.1) is 0 Å². The third-order valence-electron chi connectivity index (χ3n) is 4.46. The number of aromatic nitrogens is 2. The number of hydrogen-bond acceptors (Lipinski definition) is 5. The Labute approximate surface area is 133 Å². The van der Waals surface area contributed by atoms with Crippen LogP contribution in [0.15, 0.2) is 4.52 Å². The van der Waals surface area contributed by atoms with Gasteiger partial charge in [-0.25, -0.2) is 4.98 Å². The molecule has 0 atom stereocenters. The summed E-state index contributed by atoms with van der Waals surface area (Å²) in [7, 11) is 1.81. The molecule has 5 nitrogen and oxygen atoms in total. The van der Waals surface area contributed by atoms with Crippen molar-refractivity contribution in [3.8, 4) is 0 Å². The molecule has 2 rings (SSSR count). The largest absolute Gasteiger partial charge is 0.465 e. The molecule has 0 aliphatic heterocycles. The summed E-state index contributed by atoms with van der Waals surface area (Å²) in [5, 5.41) is 3.99. The summed E-state index contributed by atoms with van der Waals surface area (Å²) in [5.74, 6) is 1.77. The lowest BCUT2D eigenvalue weighted by Gasteiger charge is -2.25. The summed E-state index contributed by atoms with van der Waals surface area (Å²) in [6, 6.07) is 0. The normalized spacial score (nSPS) is 21.7. The van der Waals surface area contributed by atoms with Gasteiger partial charge in [0.15, 0.2) is 11.6 Å². The second kappa shape index (κ2) is 8.96. The van der Waals surface area contributed by atoms with Crippen LogP contribution in [0.2, 0.25) is 0 Å². The average molecular weight is 306 g/mol. The maximum absolute atomic E-state index is 12.1. The minimum absolute atomic E-state index is 0.0155. The van der Waals surface area contributed by atoms with E-state index in [0.717, 1.165) is 44.3 Å². The standard InChI is InChI=1S/C16H27BN2O3/c1-2-3-4-5-6-11-21-15(20)13-9-7-12(8-10-13)14-18-16(17)22-19-14/h12-13H,2-11,17H2,1H3. The molecule has 0 spiro atoms. The van der Waals surface area contributed by atoms with Crippen molar-refractivity contribution in [2.75, 3.05) is 6.61 Å². The second-order valence-electron chi connectivity index (χ2n) is 6.30. The van der Waals surface area contributed by atoms with Gasteiger partial charge in [-0.05, 0) is 32.1 Å². The Bertz CT molecular complexity index is 456. The summed E-state index contributed by atoms with van der Waals surface area (Å²) in [5.41, 5.74) is 0. The highest BCUT2D eigenvalue weighted by Crippen LogP contribution is 2.34. The lowest BCUT2D eigenvalue weighted by atomic mass is 9.81. The van der Waals surface area contributed by atoms with E-state index in [4.69, 9.17) is 9.26 Å². The summed E-state index contributed by atoms with van der Waals surface area (Å²) >= 11 is 0. The van der Waals surface area contributed by atoms with Gasteiger partial charge in [-0.2, -0.15) is 0 Å². The van der Waals surface area contributed by atoms with Gasteiger partial charge in [-0.3, -0.25) is 4.79 Å². The number of unbranched alkanes of at least 4 members (excludes halogenated alkanes) is 4. The molecule has 1 heterocycles. The molecule has 0 radical (unpaired) electrons. The van der Waals surface area contributed by atoms with E-state index in [2.05, 4.69) is 17.1 Å². The quantitative estimate of drug-likeness (QED) is 0.418. The zero-order valence-corrected chi connectivity index (χ0v) is 13.8. The van der Waals surface area contributed by atoms with E-state index >= 15 is 0 Å². The summed E-state index contributed by atoms with van der Waals surface area (Å²) in [4.78, 5) is 16.4. The van der Waals surface area contributed by atoms with Gasteiger partial charge in [0.05, 0.1) is 12.5 Å². The van der Waals surface area contributed by atoms with Crippen LogP contribution in [0.5, 0.6) is 0 Å². The highest BCUT2D eigenvalue weighted by Gasteiger charge is 2.30. The smallest absolute Gasteiger partial charge is 0.308 e. The van der Waals surface area contributed by atoms with E-state index < -0.39 is 0 Å². The van der Waals surface area contributed by atoms with Crippen molar-refractivity contribution < 1.29 is 14.1 Å². The Hall–Kier alpha value is -1.33. The van der Waals surface area contributed by atoms with Crippen molar-refractivity contribution in [1.29, 1.82) is 0 Å². The lowest BCUT2D eigenvalue weighted by molar-refractivity contribution is -0.149. The maximum Gasteiger partial charge on any atom is 0.308 e. The van der Waals surface area contributed by atoms with Crippen LogP contribution < -0.4 is 5.79 Å². The van der Waals surface area contributed by atoms with E-state index in [1.807, 2.05) is 0 Å². The van der Waals surface area contributed by atoms with E-state index in [1.165, 1.54) is 19.3 Å². The first-order valence-corrected chi connectivity index (χ1v) is 8.67. The fraction of sp³-hybridized carbons (Fsp3) is 0.812. The number of carbonyl (C=O) groups is 1. The molecular weight excluding hydrogens is 279 g/mol. The van der Waals surface area contributed by atoms with Crippen molar-refractivity contribution in [3.05, 3.63) is 5.82 Å². The highest BCUT2D eigenvalue weighted by atomic mass is 16.5. The van der Waals surface area contributed by atoms with Gasteiger partial charge in [-0.1, -0.05) is 37.8 Å². The first-order valence-electron chi connectivity index (χ1n) is 8.67. The van der Waals surface area contributed by atoms with Crippen molar-refractivity contribution in [2.45, 2.75) is 70.6 Å². The van der Waals surface area contributed by atoms with Crippen LogP contribution in [0, 0.1) is 5.92 Å². The Balaban J connectivity index is 1.62. The van der Waals surface area contributed by atoms with Crippen molar-refractivity contribution in [1.82, 2.24) is 10.1 Å². The fourth-order valence-electron chi connectivity index (χ4n) is 3.06. The zero-order valence-electron chi connectivity index (χ0n) is 13.8. The first kappa shape index (κ1) is 17.0. The van der Waals surface area contributed by atoms with Gasteiger partial charge in [0.1, 0.15) is 0 Å². The molecule has 22 heavy (non-hydrogen) atoms. The number of esters is 1. The van der Waals surface area contributed by atoms with Gasteiger partial charge in [0.25, 0.3) is 0 Å². The summed E-state index contributed by atoms with van der Waals surface area (Å²) in [6.45, 7) is 2.78. The predicted molar refractivity (Wildman–Crippen MR) is 86.9 cm³/mol. The molecular formula is C16H27BN2O3. The maximum atomic E-state index is 12.1. The van der Waals surface area contributed by atoms with E-state index in [-0.39, 0.29) is 11.9 Å². The van der Waals surface area contributed by atoms with Crippen LogP contribution >= 0.6 is 0 Å². The zero-order chi connectivity index (χ0) is 15.8. The number of nitrogens with zero attached hydrogens (tertiary/aromatic N) is 2.